The van der Waals surface area contributed by atoms with E-state index in [1.54, 1.807) is 6.07 Å². The van der Waals surface area contributed by atoms with Crippen molar-refractivity contribution in [1.82, 2.24) is 9.55 Å². The van der Waals surface area contributed by atoms with Crippen molar-refractivity contribution in [3.05, 3.63) is 87.9 Å². The fourth-order valence-corrected chi connectivity index (χ4v) is 3.21. The molecule has 130 valence electrons. The predicted molar refractivity (Wildman–Crippen MR) is 107 cm³/mol. The van der Waals surface area contributed by atoms with Crippen LogP contribution in [0.2, 0.25) is 0 Å². The Morgan fingerprint density at radius 3 is 2.62 bits per heavy atom. The fraction of sp³-hybridized carbons (Fsp3) is 0.182. The summed E-state index contributed by atoms with van der Waals surface area (Å²) in [5, 5.41) is 4.05. The Balaban J connectivity index is 2.01. The quantitative estimate of drug-likeness (QED) is 0.753. The predicted octanol–water partition coefficient (Wildman–Crippen LogP) is 4.65. The molecule has 4 heteroatoms. The van der Waals surface area contributed by atoms with Gasteiger partial charge in [-0.3, -0.25) is 9.36 Å². The minimum atomic E-state index is -0.0225. The van der Waals surface area contributed by atoms with Gasteiger partial charge >= 0.3 is 0 Å². The van der Waals surface area contributed by atoms with Crippen molar-refractivity contribution in [3.63, 3.8) is 0 Å². The zero-order valence-corrected chi connectivity index (χ0v) is 15.0. The molecule has 0 atom stereocenters. The van der Waals surface area contributed by atoms with Gasteiger partial charge in [-0.2, -0.15) is 0 Å². The number of fused-ring (bicyclic) bond motifs is 1. The van der Waals surface area contributed by atoms with Gasteiger partial charge in [0.1, 0.15) is 11.5 Å². The summed E-state index contributed by atoms with van der Waals surface area (Å²) < 4.78 is 2.02. The molecule has 0 radical (unpaired) electrons. The highest BCUT2D eigenvalue weighted by atomic mass is 16.1. The molecule has 26 heavy (non-hydrogen) atoms. The molecule has 2 aromatic heterocycles. The Morgan fingerprint density at radius 2 is 1.88 bits per heavy atom. The first-order chi connectivity index (χ1) is 12.6. The van der Waals surface area contributed by atoms with Gasteiger partial charge in [0.05, 0.1) is 5.39 Å². The summed E-state index contributed by atoms with van der Waals surface area (Å²) >= 11 is 0. The van der Waals surface area contributed by atoms with Gasteiger partial charge in [-0.1, -0.05) is 30.4 Å². The minimum absolute atomic E-state index is 0.0225. The molecule has 4 nitrogen and oxygen atoms in total. The van der Waals surface area contributed by atoms with Crippen molar-refractivity contribution in [2.45, 2.75) is 26.7 Å². The maximum Gasteiger partial charge on any atom is 0.193 e. The molecule has 0 amide bonds. The van der Waals surface area contributed by atoms with Crippen molar-refractivity contribution in [3.8, 4) is 5.69 Å². The Bertz CT molecular complexity index is 1090. The van der Waals surface area contributed by atoms with Crippen LogP contribution in [0.5, 0.6) is 0 Å². The molecule has 0 spiro atoms. The summed E-state index contributed by atoms with van der Waals surface area (Å²) in [7, 11) is 0. The molecule has 1 aliphatic carbocycles. The minimum Gasteiger partial charge on any atom is -0.341 e. The van der Waals surface area contributed by atoms with Gasteiger partial charge in [-0.05, 0) is 56.5 Å². The molecule has 0 saturated carbocycles. The molecule has 4 rings (SSSR count). The van der Waals surface area contributed by atoms with E-state index >= 15 is 0 Å². The van der Waals surface area contributed by atoms with Crippen LogP contribution in [0.1, 0.15) is 24.1 Å². The van der Waals surface area contributed by atoms with Crippen LogP contribution in [0.25, 0.3) is 16.7 Å². The van der Waals surface area contributed by atoms with E-state index < -0.39 is 0 Å². The van der Waals surface area contributed by atoms with E-state index in [0.717, 1.165) is 41.3 Å². The molecule has 1 N–H and O–H groups in total. The SMILES string of the molecule is Cc1cc2c(=O)cc(NC3=CCCC=C3)n(-c3ccccc3)c2nc1C. The standard InChI is InChI=1S/C22H21N3O/c1-15-13-19-20(26)14-21(24-17-9-5-3-6-10-17)25(22(19)23-16(15)2)18-11-7-4-8-12-18/h4-5,7-14,24H,3,6H2,1-2H3. The van der Waals surface area contributed by atoms with E-state index in [1.165, 1.54) is 0 Å². The molecule has 0 bridgehead atoms. The average Bonchev–Trinajstić information content (AvgIpc) is 2.65. The molecule has 0 fully saturated rings. The lowest BCUT2D eigenvalue weighted by molar-refractivity contribution is 1.00. The molecule has 0 aliphatic heterocycles. The van der Waals surface area contributed by atoms with Crippen molar-refractivity contribution in [2.24, 2.45) is 0 Å². The van der Waals surface area contributed by atoms with Gasteiger partial charge in [0, 0.05) is 23.1 Å². The second kappa shape index (κ2) is 6.64. The third-order valence-corrected chi connectivity index (χ3v) is 4.71. The highest BCUT2D eigenvalue weighted by Crippen LogP contribution is 2.24. The lowest BCUT2D eigenvalue weighted by Crippen LogP contribution is -2.16. The Hall–Kier alpha value is -3.14. The van der Waals surface area contributed by atoms with Crippen molar-refractivity contribution in [1.29, 1.82) is 0 Å². The van der Waals surface area contributed by atoms with Crippen LogP contribution in [-0.2, 0) is 0 Å². The second-order valence-corrected chi connectivity index (χ2v) is 6.59. The van der Waals surface area contributed by atoms with Gasteiger partial charge in [0.2, 0.25) is 0 Å². The zero-order chi connectivity index (χ0) is 18.1. The Kier molecular flexibility index (Phi) is 4.17. The zero-order valence-electron chi connectivity index (χ0n) is 15.0. The largest absolute Gasteiger partial charge is 0.341 e. The van der Waals surface area contributed by atoms with E-state index in [-0.39, 0.29) is 5.43 Å². The maximum atomic E-state index is 12.8. The lowest BCUT2D eigenvalue weighted by Gasteiger charge is -2.19. The van der Waals surface area contributed by atoms with Crippen LogP contribution < -0.4 is 10.7 Å². The molecular weight excluding hydrogens is 322 g/mol. The summed E-state index contributed by atoms with van der Waals surface area (Å²) in [6.45, 7) is 3.96. The molecule has 0 unspecified atom stereocenters. The monoisotopic (exact) mass is 343 g/mol. The normalized spacial score (nSPS) is 13.7. The first-order valence-electron chi connectivity index (χ1n) is 8.86. The number of hydrogen-bond donors (Lipinski definition) is 1. The van der Waals surface area contributed by atoms with Crippen molar-refractivity contribution in [2.75, 3.05) is 5.32 Å². The van der Waals surface area contributed by atoms with Crippen molar-refractivity contribution < 1.29 is 0 Å². The van der Waals surface area contributed by atoms with E-state index in [2.05, 4.69) is 23.5 Å². The number of anilines is 1. The van der Waals surface area contributed by atoms with Crippen LogP contribution in [0.4, 0.5) is 5.82 Å². The number of hydrogen-bond acceptors (Lipinski definition) is 3. The summed E-state index contributed by atoms with van der Waals surface area (Å²) in [5.41, 5.74) is 4.57. The summed E-state index contributed by atoms with van der Waals surface area (Å²) in [6.07, 6.45) is 8.40. The lowest BCUT2D eigenvalue weighted by atomic mass is 10.1. The fourth-order valence-electron chi connectivity index (χ4n) is 3.21. The Labute approximate surface area is 152 Å². The van der Waals surface area contributed by atoms with Crippen LogP contribution in [-0.4, -0.2) is 9.55 Å². The summed E-state index contributed by atoms with van der Waals surface area (Å²) in [6, 6.07) is 13.6. The number of rotatable bonds is 3. The van der Waals surface area contributed by atoms with E-state index in [4.69, 9.17) is 4.98 Å². The third kappa shape index (κ3) is 2.94. The van der Waals surface area contributed by atoms with Crippen LogP contribution in [0, 0.1) is 13.8 Å². The average molecular weight is 343 g/mol. The van der Waals surface area contributed by atoms with Crippen LogP contribution in [0.3, 0.4) is 0 Å². The number of nitrogens with zero attached hydrogens (tertiary/aromatic N) is 2. The van der Waals surface area contributed by atoms with Gasteiger partial charge in [0.25, 0.3) is 0 Å². The number of aromatic nitrogens is 2. The van der Waals surface area contributed by atoms with Crippen LogP contribution in [0.15, 0.2) is 71.2 Å². The molecular formula is C22H21N3O. The van der Waals surface area contributed by atoms with Gasteiger partial charge in [-0.25, -0.2) is 4.98 Å². The number of para-hydroxylation sites is 1. The maximum absolute atomic E-state index is 12.8. The number of benzene rings is 1. The molecule has 1 aliphatic rings. The third-order valence-electron chi connectivity index (χ3n) is 4.71. The van der Waals surface area contributed by atoms with Gasteiger partial charge < -0.3 is 5.32 Å². The van der Waals surface area contributed by atoms with Gasteiger partial charge in [0.15, 0.2) is 5.43 Å². The summed E-state index contributed by atoms with van der Waals surface area (Å²) in [4.78, 5) is 17.5. The van der Waals surface area contributed by atoms with E-state index in [9.17, 15) is 4.79 Å². The van der Waals surface area contributed by atoms with Crippen molar-refractivity contribution >= 4 is 16.9 Å². The first-order valence-corrected chi connectivity index (χ1v) is 8.86. The molecule has 0 saturated heterocycles. The van der Waals surface area contributed by atoms with Crippen LogP contribution >= 0.6 is 0 Å². The number of aryl methyl sites for hydroxylation is 2. The molecule has 2 heterocycles. The topological polar surface area (TPSA) is 46.9 Å². The molecule has 3 aromatic rings. The number of nitrogens with one attached hydrogen (secondary N) is 1. The van der Waals surface area contributed by atoms with Gasteiger partial charge in [-0.15, -0.1) is 0 Å². The first kappa shape index (κ1) is 16.3. The Morgan fingerprint density at radius 1 is 1.08 bits per heavy atom. The number of allylic oxidation sites excluding steroid dienone is 3. The highest BCUT2D eigenvalue weighted by Gasteiger charge is 2.14. The number of pyridine rings is 2. The second-order valence-electron chi connectivity index (χ2n) is 6.59. The van der Waals surface area contributed by atoms with E-state index in [1.807, 2.05) is 54.8 Å². The van der Waals surface area contributed by atoms with E-state index in [0.29, 0.717) is 11.0 Å². The highest BCUT2D eigenvalue weighted by molar-refractivity contribution is 5.81. The molecule has 1 aromatic carbocycles. The summed E-state index contributed by atoms with van der Waals surface area (Å²) in [5.74, 6) is 0.724. The smallest absolute Gasteiger partial charge is 0.193 e.